The number of nitro groups is 1. The van der Waals surface area contributed by atoms with Crippen LogP contribution in [0.25, 0.3) is 0 Å². The summed E-state index contributed by atoms with van der Waals surface area (Å²) in [7, 11) is 3.46. The zero-order valence-electron chi connectivity index (χ0n) is 11.8. The van der Waals surface area contributed by atoms with Crippen molar-refractivity contribution in [3.05, 3.63) is 33.9 Å². The zero-order chi connectivity index (χ0) is 15.6. The summed E-state index contributed by atoms with van der Waals surface area (Å²) in [5.74, 6) is 0.321. The summed E-state index contributed by atoms with van der Waals surface area (Å²) >= 11 is 0. The first-order valence-corrected chi connectivity index (χ1v) is 5.98. The van der Waals surface area contributed by atoms with Crippen LogP contribution in [0, 0.1) is 17.0 Å². The van der Waals surface area contributed by atoms with Crippen LogP contribution >= 0.6 is 0 Å². The van der Waals surface area contributed by atoms with Gasteiger partial charge in [0.05, 0.1) is 4.92 Å². The molecule has 0 spiro atoms. The fourth-order valence-corrected chi connectivity index (χ4v) is 1.56. The predicted octanol–water partition coefficient (Wildman–Crippen LogP) is 1.53. The van der Waals surface area contributed by atoms with Gasteiger partial charge in [-0.15, -0.1) is 0 Å². The first kappa shape index (κ1) is 14.4. The molecular formula is C12H14N6O3. The van der Waals surface area contributed by atoms with Gasteiger partial charge in [-0.1, -0.05) is 6.07 Å². The number of nitrogens with two attached hydrogens (primary N) is 1. The van der Waals surface area contributed by atoms with Gasteiger partial charge in [-0.05, 0) is 18.6 Å². The normalized spacial score (nSPS) is 10.2. The SMILES string of the molecule is Cc1ccc([N+](=O)[O-])c(Oc2nc(N)nc(N(C)C)n2)c1. The summed E-state index contributed by atoms with van der Waals surface area (Å²) in [5, 5.41) is 11.0. The lowest BCUT2D eigenvalue weighted by Gasteiger charge is -2.11. The number of nitrogens with zero attached hydrogens (tertiary/aromatic N) is 5. The summed E-state index contributed by atoms with van der Waals surface area (Å²) in [6.45, 7) is 1.80. The summed E-state index contributed by atoms with van der Waals surface area (Å²) in [6.07, 6.45) is 0. The number of aryl methyl sites for hydroxylation is 1. The highest BCUT2D eigenvalue weighted by molar-refractivity contribution is 5.49. The van der Waals surface area contributed by atoms with Crippen molar-refractivity contribution in [1.29, 1.82) is 0 Å². The standard InChI is InChI=1S/C12H14N6O3/c1-7-4-5-8(18(19)20)9(6-7)21-12-15-10(13)14-11(16-12)17(2)3/h4-6H,1-3H3,(H2,13,14,15,16). The Bertz CT molecular complexity index is 689. The highest BCUT2D eigenvalue weighted by atomic mass is 16.6. The van der Waals surface area contributed by atoms with E-state index >= 15 is 0 Å². The minimum atomic E-state index is -0.536. The molecule has 1 aromatic heterocycles. The average Bonchev–Trinajstić information content (AvgIpc) is 2.37. The number of nitro benzene ring substituents is 1. The molecule has 0 fully saturated rings. The van der Waals surface area contributed by atoms with E-state index in [1.165, 1.54) is 12.1 Å². The van der Waals surface area contributed by atoms with E-state index < -0.39 is 4.92 Å². The van der Waals surface area contributed by atoms with Crippen LogP contribution in [0.2, 0.25) is 0 Å². The zero-order valence-corrected chi connectivity index (χ0v) is 11.8. The lowest BCUT2D eigenvalue weighted by atomic mass is 10.2. The third-order valence-corrected chi connectivity index (χ3v) is 2.53. The first-order valence-electron chi connectivity index (χ1n) is 5.98. The maximum atomic E-state index is 11.0. The third-order valence-electron chi connectivity index (χ3n) is 2.53. The number of nitrogen functional groups attached to an aromatic ring is 1. The van der Waals surface area contributed by atoms with E-state index in [-0.39, 0.29) is 23.4 Å². The maximum Gasteiger partial charge on any atom is 0.328 e. The summed E-state index contributed by atoms with van der Waals surface area (Å²) in [4.78, 5) is 23.9. The molecule has 0 aliphatic heterocycles. The van der Waals surface area contributed by atoms with Gasteiger partial charge in [0.15, 0.2) is 0 Å². The van der Waals surface area contributed by atoms with Gasteiger partial charge < -0.3 is 15.4 Å². The number of hydrogen-bond donors (Lipinski definition) is 1. The molecule has 0 unspecified atom stereocenters. The van der Waals surface area contributed by atoms with Crippen molar-refractivity contribution in [2.45, 2.75) is 6.92 Å². The molecule has 9 heteroatoms. The summed E-state index contributed by atoms with van der Waals surface area (Å²) in [5.41, 5.74) is 6.21. The van der Waals surface area contributed by atoms with Crippen LogP contribution < -0.4 is 15.4 Å². The van der Waals surface area contributed by atoms with Gasteiger partial charge >= 0.3 is 11.7 Å². The Hall–Kier alpha value is -2.97. The van der Waals surface area contributed by atoms with E-state index in [1.807, 2.05) is 0 Å². The van der Waals surface area contributed by atoms with Crippen molar-refractivity contribution in [2.75, 3.05) is 24.7 Å². The van der Waals surface area contributed by atoms with Crippen LogP contribution in [0.15, 0.2) is 18.2 Å². The lowest BCUT2D eigenvalue weighted by Crippen LogP contribution is -2.15. The van der Waals surface area contributed by atoms with E-state index in [0.717, 1.165) is 5.56 Å². The van der Waals surface area contributed by atoms with Crippen LogP contribution in [0.1, 0.15) is 5.56 Å². The molecule has 0 amide bonds. The van der Waals surface area contributed by atoms with Crippen molar-refractivity contribution >= 4 is 17.6 Å². The molecule has 0 bridgehead atoms. The summed E-state index contributed by atoms with van der Waals surface area (Å²) in [6, 6.07) is 4.42. The van der Waals surface area contributed by atoms with Crippen LogP contribution in [0.4, 0.5) is 17.6 Å². The smallest absolute Gasteiger partial charge is 0.328 e. The molecule has 0 aliphatic carbocycles. The van der Waals surface area contributed by atoms with Crippen LogP contribution in [0.5, 0.6) is 11.8 Å². The molecule has 0 aliphatic rings. The van der Waals surface area contributed by atoms with Crippen LogP contribution in [-0.4, -0.2) is 34.0 Å². The van der Waals surface area contributed by atoms with Crippen molar-refractivity contribution < 1.29 is 9.66 Å². The van der Waals surface area contributed by atoms with Crippen LogP contribution in [0.3, 0.4) is 0 Å². The molecule has 0 saturated carbocycles. The molecule has 1 heterocycles. The van der Waals surface area contributed by atoms with Crippen molar-refractivity contribution in [2.24, 2.45) is 0 Å². The molecule has 0 saturated heterocycles. The predicted molar refractivity (Wildman–Crippen MR) is 76.5 cm³/mol. The monoisotopic (exact) mass is 290 g/mol. The Morgan fingerprint density at radius 3 is 2.62 bits per heavy atom. The summed E-state index contributed by atoms with van der Waals surface area (Å²) < 4.78 is 5.41. The van der Waals surface area contributed by atoms with Gasteiger partial charge in [-0.25, -0.2) is 0 Å². The largest absolute Gasteiger partial charge is 0.417 e. The molecule has 110 valence electrons. The molecular weight excluding hydrogens is 276 g/mol. The van der Waals surface area contributed by atoms with E-state index in [9.17, 15) is 10.1 Å². The number of aromatic nitrogens is 3. The number of anilines is 2. The fourth-order valence-electron chi connectivity index (χ4n) is 1.56. The highest BCUT2D eigenvalue weighted by Crippen LogP contribution is 2.31. The Balaban J connectivity index is 2.42. The van der Waals surface area contributed by atoms with Crippen molar-refractivity contribution in [1.82, 2.24) is 15.0 Å². The number of ether oxygens (including phenoxy) is 1. The Morgan fingerprint density at radius 2 is 2.00 bits per heavy atom. The second-order valence-electron chi connectivity index (χ2n) is 4.50. The highest BCUT2D eigenvalue weighted by Gasteiger charge is 2.18. The fraction of sp³-hybridized carbons (Fsp3) is 0.250. The average molecular weight is 290 g/mol. The van der Waals surface area contributed by atoms with Crippen LogP contribution in [-0.2, 0) is 0 Å². The van der Waals surface area contributed by atoms with Gasteiger partial charge in [-0.2, -0.15) is 15.0 Å². The molecule has 0 radical (unpaired) electrons. The molecule has 21 heavy (non-hydrogen) atoms. The number of hydrogen-bond acceptors (Lipinski definition) is 8. The third kappa shape index (κ3) is 3.32. The lowest BCUT2D eigenvalue weighted by molar-refractivity contribution is -0.385. The van der Waals surface area contributed by atoms with Gasteiger partial charge in [0.2, 0.25) is 17.6 Å². The van der Waals surface area contributed by atoms with Gasteiger partial charge in [0, 0.05) is 20.2 Å². The topological polar surface area (TPSA) is 120 Å². The van der Waals surface area contributed by atoms with E-state index in [2.05, 4.69) is 15.0 Å². The minimum Gasteiger partial charge on any atom is -0.417 e. The van der Waals surface area contributed by atoms with E-state index in [1.54, 1.807) is 32.0 Å². The number of benzene rings is 1. The molecule has 2 aromatic rings. The van der Waals surface area contributed by atoms with E-state index in [4.69, 9.17) is 10.5 Å². The molecule has 1 aromatic carbocycles. The molecule has 0 atom stereocenters. The molecule has 2 N–H and O–H groups in total. The second-order valence-corrected chi connectivity index (χ2v) is 4.50. The molecule has 2 rings (SSSR count). The van der Waals surface area contributed by atoms with Gasteiger partial charge in [0.1, 0.15) is 0 Å². The second kappa shape index (κ2) is 5.57. The maximum absolute atomic E-state index is 11.0. The van der Waals surface area contributed by atoms with Crippen molar-refractivity contribution in [3.63, 3.8) is 0 Å². The van der Waals surface area contributed by atoms with Crippen molar-refractivity contribution in [3.8, 4) is 11.8 Å². The Labute approximate surface area is 120 Å². The first-order chi connectivity index (χ1) is 9.86. The quantitative estimate of drug-likeness (QED) is 0.664. The van der Waals surface area contributed by atoms with E-state index in [0.29, 0.717) is 5.95 Å². The van der Waals surface area contributed by atoms with Gasteiger partial charge in [-0.3, -0.25) is 10.1 Å². The van der Waals surface area contributed by atoms with Gasteiger partial charge in [0.25, 0.3) is 0 Å². The number of rotatable bonds is 4. The minimum absolute atomic E-state index is 0.0287. The molecule has 9 nitrogen and oxygen atoms in total. The Kier molecular flexibility index (Phi) is 3.83. The Morgan fingerprint density at radius 1 is 1.29 bits per heavy atom.